The van der Waals surface area contributed by atoms with E-state index in [1.165, 1.54) is 0 Å². The van der Waals surface area contributed by atoms with Gasteiger partial charge in [0.1, 0.15) is 5.75 Å². The van der Waals surface area contributed by atoms with Crippen LogP contribution in [0.25, 0.3) is 0 Å². The van der Waals surface area contributed by atoms with E-state index in [1.54, 1.807) is 16.8 Å². The number of phenolic OH excluding ortho intramolecular Hbond substituents is 1. The molecule has 2 aromatic rings. The van der Waals surface area contributed by atoms with E-state index in [-0.39, 0.29) is 6.04 Å². The van der Waals surface area contributed by atoms with Crippen molar-refractivity contribution < 1.29 is 5.11 Å². The molecule has 1 aromatic carbocycles. The zero-order valence-electron chi connectivity index (χ0n) is 10.1. The predicted molar refractivity (Wildman–Crippen MR) is 66.6 cm³/mol. The Bertz CT molecular complexity index is 493. The van der Waals surface area contributed by atoms with Crippen molar-refractivity contribution in [3.05, 3.63) is 47.8 Å². The van der Waals surface area contributed by atoms with Gasteiger partial charge in [-0.25, -0.2) is 0 Å². The zero-order chi connectivity index (χ0) is 12.3. The number of aromatic hydroxyl groups is 1. The van der Waals surface area contributed by atoms with Crippen molar-refractivity contribution in [3.63, 3.8) is 0 Å². The van der Waals surface area contributed by atoms with Crippen LogP contribution in [0.2, 0.25) is 0 Å². The number of aryl methyl sites for hydroxylation is 1. The van der Waals surface area contributed by atoms with Crippen molar-refractivity contribution in [1.82, 2.24) is 15.1 Å². The summed E-state index contributed by atoms with van der Waals surface area (Å²) in [6, 6.07) is 9.46. The molecule has 0 aliphatic rings. The summed E-state index contributed by atoms with van der Waals surface area (Å²) in [4.78, 5) is 0. The van der Waals surface area contributed by atoms with Crippen molar-refractivity contribution >= 4 is 0 Å². The van der Waals surface area contributed by atoms with E-state index in [0.717, 1.165) is 11.3 Å². The van der Waals surface area contributed by atoms with Crippen LogP contribution < -0.4 is 5.32 Å². The number of hydrogen-bond donors (Lipinski definition) is 2. The van der Waals surface area contributed by atoms with Gasteiger partial charge in [0.15, 0.2) is 0 Å². The average molecular weight is 231 g/mol. The Labute approximate surface area is 101 Å². The van der Waals surface area contributed by atoms with Gasteiger partial charge in [0.25, 0.3) is 0 Å². The van der Waals surface area contributed by atoms with Crippen LogP contribution in [-0.2, 0) is 13.6 Å². The molecule has 0 radical (unpaired) electrons. The summed E-state index contributed by atoms with van der Waals surface area (Å²) in [6.45, 7) is 2.79. The lowest BCUT2D eigenvalue weighted by molar-refractivity contribution is 0.473. The molecule has 1 heterocycles. The van der Waals surface area contributed by atoms with Gasteiger partial charge in [-0.3, -0.25) is 4.68 Å². The third-order valence-corrected chi connectivity index (χ3v) is 2.70. The molecule has 0 spiro atoms. The van der Waals surface area contributed by atoms with Crippen LogP contribution in [-0.4, -0.2) is 14.9 Å². The average Bonchev–Trinajstić information content (AvgIpc) is 2.73. The number of nitrogens with zero attached hydrogens (tertiary/aromatic N) is 2. The minimum absolute atomic E-state index is 0.193. The maximum atomic E-state index is 9.36. The molecule has 2 N–H and O–H groups in total. The lowest BCUT2D eigenvalue weighted by Gasteiger charge is -2.11. The molecule has 1 aromatic heterocycles. The van der Waals surface area contributed by atoms with Gasteiger partial charge in [0, 0.05) is 25.8 Å². The zero-order valence-corrected chi connectivity index (χ0v) is 10.1. The molecule has 4 heteroatoms. The number of rotatable bonds is 4. The quantitative estimate of drug-likeness (QED) is 0.846. The Kier molecular flexibility index (Phi) is 3.44. The normalized spacial score (nSPS) is 12.6. The molecule has 0 bridgehead atoms. The summed E-state index contributed by atoms with van der Waals surface area (Å²) in [7, 11) is 1.91. The molecule has 0 saturated carbocycles. The van der Waals surface area contributed by atoms with Crippen molar-refractivity contribution in [2.45, 2.75) is 19.5 Å². The smallest absolute Gasteiger partial charge is 0.115 e. The highest BCUT2D eigenvalue weighted by Crippen LogP contribution is 2.13. The standard InChI is InChI=1S/C13H17N3O/c1-10(13-6-7-16(2)15-13)14-9-11-4-3-5-12(17)8-11/h3-8,10,14,17H,9H2,1-2H3. The molecule has 0 aliphatic carbocycles. The Hall–Kier alpha value is -1.81. The second-order valence-electron chi connectivity index (χ2n) is 4.19. The number of nitrogens with one attached hydrogen (secondary N) is 1. The van der Waals surface area contributed by atoms with E-state index in [2.05, 4.69) is 17.3 Å². The summed E-state index contributed by atoms with van der Waals surface area (Å²) < 4.78 is 1.79. The summed E-state index contributed by atoms with van der Waals surface area (Å²) >= 11 is 0. The summed E-state index contributed by atoms with van der Waals surface area (Å²) in [6.07, 6.45) is 1.93. The first kappa shape index (κ1) is 11.7. The van der Waals surface area contributed by atoms with Crippen LogP contribution in [0.15, 0.2) is 36.5 Å². The Morgan fingerprint density at radius 3 is 2.88 bits per heavy atom. The van der Waals surface area contributed by atoms with Gasteiger partial charge < -0.3 is 10.4 Å². The van der Waals surface area contributed by atoms with Gasteiger partial charge in [-0.05, 0) is 30.7 Å². The molecule has 0 fully saturated rings. The molecule has 0 amide bonds. The minimum Gasteiger partial charge on any atom is -0.508 e. The Morgan fingerprint density at radius 2 is 2.24 bits per heavy atom. The van der Waals surface area contributed by atoms with E-state index >= 15 is 0 Å². The largest absolute Gasteiger partial charge is 0.508 e. The third kappa shape index (κ3) is 3.07. The molecule has 4 nitrogen and oxygen atoms in total. The highest BCUT2D eigenvalue weighted by atomic mass is 16.3. The number of hydrogen-bond acceptors (Lipinski definition) is 3. The van der Waals surface area contributed by atoms with Gasteiger partial charge in [-0.2, -0.15) is 5.10 Å². The second kappa shape index (κ2) is 5.01. The fraction of sp³-hybridized carbons (Fsp3) is 0.308. The number of aromatic nitrogens is 2. The van der Waals surface area contributed by atoms with E-state index in [9.17, 15) is 5.11 Å². The maximum absolute atomic E-state index is 9.36. The van der Waals surface area contributed by atoms with Crippen LogP contribution in [0.1, 0.15) is 24.2 Å². The molecule has 17 heavy (non-hydrogen) atoms. The highest BCUT2D eigenvalue weighted by molar-refractivity contribution is 5.27. The highest BCUT2D eigenvalue weighted by Gasteiger charge is 2.07. The van der Waals surface area contributed by atoms with Gasteiger partial charge in [0.05, 0.1) is 5.69 Å². The van der Waals surface area contributed by atoms with Crippen LogP contribution in [0, 0.1) is 0 Å². The van der Waals surface area contributed by atoms with Gasteiger partial charge >= 0.3 is 0 Å². The fourth-order valence-electron chi connectivity index (χ4n) is 1.71. The predicted octanol–water partition coefficient (Wildman–Crippen LogP) is 1.98. The number of phenols is 1. The van der Waals surface area contributed by atoms with Gasteiger partial charge in [-0.1, -0.05) is 12.1 Å². The lowest BCUT2D eigenvalue weighted by atomic mass is 10.2. The molecule has 90 valence electrons. The van der Waals surface area contributed by atoms with E-state index in [1.807, 2.05) is 31.4 Å². The molecule has 1 atom stereocenters. The van der Waals surface area contributed by atoms with Crippen molar-refractivity contribution in [3.8, 4) is 5.75 Å². The minimum atomic E-state index is 0.193. The Balaban J connectivity index is 1.94. The molecule has 1 unspecified atom stereocenters. The van der Waals surface area contributed by atoms with Gasteiger partial charge in [0.2, 0.25) is 0 Å². The molecular formula is C13H17N3O. The summed E-state index contributed by atoms with van der Waals surface area (Å²) in [5, 5.41) is 17.1. The van der Waals surface area contributed by atoms with Crippen LogP contribution >= 0.6 is 0 Å². The summed E-state index contributed by atoms with van der Waals surface area (Å²) in [5.41, 5.74) is 2.08. The third-order valence-electron chi connectivity index (χ3n) is 2.70. The van der Waals surface area contributed by atoms with Crippen molar-refractivity contribution in [2.24, 2.45) is 7.05 Å². The van der Waals surface area contributed by atoms with Crippen LogP contribution in [0.5, 0.6) is 5.75 Å². The molecular weight excluding hydrogens is 214 g/mol. The summed E-state index contributed by atoms with van der Waals surface area (Å²) in [5.74, 6) is 0.301. The Morgan fingerprint density at radius 1 is 1.41 bits per heavy atom. The first-order valence-corrected chi connectivity index (χ1v) is 5.66. The fourth-order valence-corrected chi connectivity index (χ4v) is 1.71. The van der Waals surface area contributed by atoms with Crippen molar-refractivity contribution in [1.29, 1.82) is 0 Å². The monoisotopic (exact) mass is 231 g/mol. The second-order valence-corrected chi connectivity index (χ2v) is 4.19. The molecule has 0 aliphatic heterocycles. The van der Waals surface area contributed by atoms with Gasteiger partial charge in [-0.15, -0.1) is 0 Å². The first-order valence-electron chi connectivity index (χ1n) is 5.66. The van der Waals surface area contributed by atoms with Crippen LogP contribution in [0.3, 0.4) is 0 Å². The SMILES string of the molecule is CC(NCc1cccc(O)c1)c1ccn(C)n1. The van der Waals surface area contributed by atoms with Crippen molar-refractivity contribution in [2.75, 3.05) is 0 Å². The molecule has 0 saturated heterocycles. The maximum Gasteiger partial charge on any atom is 0.115 e. The lowest BCUT2D eigenvalue weighted by Crippen LogP contribution is -2.18. The van der Waals surface area contributed by atoms with E-state index in [4.69, 9.17) is 0 Å². The number of benzene rings is 1. The van der Waals surface area contributed by atoms with E-state index in [0.29, 0.717) is 12.3 Å². The first-order chi connectivity index (χ1) is 8.15. The van der Waals surface area contributed by atoms with E-state index < -0.39 is 0 Å². The topological polar surface area (TPSA) is 50.1 Å². The molecule has 2 rings (SSSR count). The van der Waals surface area contributed by atoms with Crippen LogP contribution in [0.4, 0.5) is 0 Å².